The van der Waals surface area contributed by atoms with Crippen LogP contribution in [0.15, 0.2) is 18.2 Å². The van der Waals surface area contributed by atoms with Gasteiger partial charge in [-0.3, -0.25) is 9.69 Å². The number of benzene rings is 1. The molecule has 0 saturated carbocycles. The molecule has 0 spiro atoms. The van der Waals surface area contributed by atoms with Gasteiger partial charge in [-0.2, -0.15) is 0 Å². The predicted molar refractivity (Wildman–Crippen MR) is 86.3 cm³/mol. The highest BCUT2D eigenvalue weighted by Crippen LogP contribution is 2.20. The van der Waals surface area contributed by atoms with Gasteiger partial charge in [0, 0.05) is 30.7 Å². The molecule has 1 aromatic rings. The third kappa shape index (κ3) is 5.91. The van der Waals surface area contributed by atoms with E-state index in [-0.39, 0.29) is 19.0 Å². The van der Waals surface area contributed by atoms with E-state index in [9.17, 15) is 14.3 Å². The first-order valence-electron chi connectivity index (χ1n) is 7.25. The van der Waals surface area contributed by atoms with E-state index >= 15 is 0 Å². The van der Waals surface area contributed by atoms with E-state index in [1.807, 2.05) is 11.8 Å². The van der Waals surface area contributed by atoms with Crippen molar-refractivity contribution in [1.29, 1.82) is 0 Å². The minimum absolute atomic E-state index is 0.115. The SMILES string of the molecule is CCN(CC(=O)N(C)Cc1c(F)cccc1Cl)CC(C)(C)O. The van der Waals surface area contributed by atoms with Crippen molar-refractivity contribution >= 4 is 17.5 Å². The molecule has 1 rings (SSSR count). The third-order valence-electron chi connectivity index (χ3n) is 3.30. The molecule has 0 aliphatic rings. The van der Waals surface area contributed by atoms with Gasteiger partial charge in [0.25, 0.3) is 0 Å². The average molecular weight is 331 g/mol. The van der Waals surface area contributed by atoms with Crippen LogP contribution in [0.3, 0.4) is 0 Å². The Kier molecular flexibility index (Phi) is 6.78. The number of likely N-dealkylation sites (N-methyl/N-ethyl adjacent to an activating group) is 2. The molecule has 0 fully saturated rings. The van der Waals surface area contributed by atoms with E-state index in [4.69, 9.17) is 11.6 Å². The highest BCUT2D eigenvalue weighted by atomic mass is 35.5. The number of carbonyl (C=O) groups excluding carboxylic acids is 1. The molecule has 0 aromatic heterocycles. The molecule has 0 bridgehead atoms. The van der Waals surface area contributed by atoms with Crippen molar-refractivity contribution in [2.45, 2.75) is 32.9 Å². The number of rotatable bonds is 7. The van der Waals surface area contributed by atoms with Gasteiger partial charge in [-0.25, -0.2) is 4.39 Å². The predicted octanol–water partition coefficient (Wildman–Crippen LogP) is 2.53. The van der Waals surface area contributed by atoms with Crippen molar-refractivity contribution in [3.63, 3.8) is 0 Å². The van der Waals surface area contributed by atoms with Gasteiger partial charge < -0.3 is 10.0 Å². The average Bonchev–Trinajstić information content (AvgIpc) is 2.40. The first kappa shape index (κ1) is 18.9. The molecule has 124 valence electrons. The molecule has 0 atom stereocenters. The van der Waals surface area contributed by atoms with Gasteiger partial charge in [0.1, 0.15) is 5.82 Å². The third-order valence-corrected chi connectivity index (χ3v) is 3.65. The van der Waals surface area contributed by atoms with Crippen molar-refractivity contribution in [1.82, 2.24) is 9.80 Å². The van der Waals surface area contributed by atoms with Gasteiger partial charge in [0.05, 0.1) is 12.1 Å². The van der Waals surface area contributed by atoms with Crippen LogP contribution in [0, 0.1) is 5.82 Å². The monoisotopic (exact) mass is 330 g/mol. The van der Waals surface area contributed by atoms with Crippen LogP contribution in [0.2, 0.25) is 5.02 Å². The number of halogens is 2. The van der Waals surface area contributed by atoms with Crippen LogP contribution >= 0.6 is 11.6 Å². The molecular weight excluding hydrogens is 307 g/mol. The van der Waals surface area contributed by atoms with Gasteiger partial charge in [-0.15, -0.1) is 0 Å². The summed E-state index contributed by atoms with van der Waals surface area (Å²) in [6.07, 6.45) is 0. The molecular formula is C16H24ClFN2O2. The fraction of sp³-hybridized carbons (Fsp3) is 0.562. The Morgan fingerprint density at radius 1 is 1.41 bits per heavy atom. The topological polar surface area (TPSA) is 43.8 Å². The Bertz CT molecular complexity index is 497. The molecule has 0 unspecified atom stereocenters. The Hall–Kier alpha value is -1.17. The Morgan fingerprint density at radius 2 is 2.05 bits per heavy atom. The second-order valence-corrected chi connectivity index (χ2v) is 6.47. The van der Waals surface area contributed by atoms with Gasteiger partial charge in [-0.1, -0.05) is 24.6 Å². The number of carbonyl (C=O) groups is 1. The van der Waals surface area contributed by atoms with Crippen molar-refractivity contribution in [3.8, 4) is 0 Å². The summed E-state index contributed by atoms with van der Waals surface area (Å²) in [5.41, 5.74) is -0.561. The zero-order valence-corrected chi connectivity index (χ0v) is 14.3. The summed E-state index contributed by atoms with van der Waals surface area (Å²) in [4.78, 5) is 15.6. The maximum atomic E-state index is 13.8. The van der Waals surface area contributed by atoms with Gasteiger partial charge in [0.2, 0.25) is 5.91 Å². The molecule has 6 heteroatoms. The summed E-state index contributed by atoms with van der Waals surface area (Å²) >= 11 is 5.98. The summed E-state index contributed by atoms with van der Waals surface area (Å²) in [6, 6.07) is 4.46. The summed E-state index contributed by atoms with van der Waals surface area (Å²) in [5, 5.41) is 10.2. The smallest absolute Gasteiger partial charge is 0.236 e. The van der Waals surface area contributed by atoms with E-state index in [1.165, 1.54) is 17.0 Å². The lowest BCUT2D eigenvalue weighted by molar-refractivity contribution is -0.132. The largest absolute Gasteiger partial charge is 0.389 e. The summed E-state index contributed by atoms with van der Waals surface area (Å²) in [7, 11) is 1.61. The quantitative estimate of drug-likeness (QED) is 0.835. The van der Waals surface area contributed by atoms with Crippen LogP contribution in [0.4, 0.5) is 4.39 Å². The Labute approximate surface area is 136 Å². The number of amides is 1. The van der Waals surface area contributed by atoms with E-state index in [0.717, 1.165) is 0 Å². The first-order chi connectivity index (χ1) is 10.1. The van der Waals surface area contributed by atoms with E-state index in [2.05, 4.69) is 0 Å². The van der Waals surface area contributed by atoms with E-state index < -0.39 is 11.4 Å². The maximum absolute atomic E-state index is 13.8. The van der Waals surface area contributed by atoms with Crippen molar-refractivity contribution in [3.05, 3.63) is 34.6 Å². The normalized spacial score (nSPS) is 11.8. The van der Waals surface area contributed by atoms with Gasteiger partial charge >= 0.3 is 0 Å². The van der Waals surface area contributed by atoms with Crippen LogP contribution in [0.1, 0.15) is 26.3 Å². The molecule has 1 aromatic carbocycles. The first-order valence-corrected chi connectivity index (χ1v) is 7.63. The molecule has 22 heavy (non-hydrogen) atoms. The van der Waals surface area contributed by atoms with Gasteiger partial charge in [0.15, 0.2) is 0 Å². The van der Waals surface area contributed by atoms with Crippen molar-refractivity contribution in [2.75, 3.05) is 26.7 Å². The van der Waals surface area contributed by atoms with E-state index in [1.54, 1.807) is 27.0 Å². The zero-order valence-electron chi connectivity index (χ0n) is 13.6. The fourth-order valence-electron chi connectivity index (χ4n) is 2.15. The highest BCUT2D eigenvalue weighted by molar-refractivity contribution is 6.31. The van der Waals surface area contributed by atoms with Crippen LogP contribution in [0.25, 0.3) is 0 Å². The number of hydrogen-bond acceptors (Lipinski definition) is 3. The molecule has 0 aliphatic heterocycles. The molecule has 0 heterocycles. The maximum Gasteiger partial charge on any atom is 0.236 e. The highest BCUT2D eigenvalue weighted by Gasteiger charge is 2.21. The van der Waals surface area contributed by atoms with Gasteiger partial charge in [-0.05, 0) is 32.5 Å². The Balaban J connectivity index is 2.69. The number of nitrogens with zero attached hydrogens (tertiary/aromatic N) is 2. The standard InChI is InChI=1S/C16H24ClFN2O2/c1-5-20(11-16(2,3)22)10-15(21)19(4)9-12-13(17)7-6-8-14(12)18/h6-8,22H,5,9-11H2,1-4H3. The zero-order chi connectivity index (χ0) is 16.9. The van der Waals surface area contributed by atoms with Crippen LogP contribution in [-0.2, 0) is 11.3 Å². The molecule has 0 radical (unpaired) electrons. The number of hydrogen-bond donors (Lipinski definition) is 1. The summed E-state index contributed by atoms with van der Waals surface area (Å²) in [6.45, 7) is 6.64. The minimum atomic E-state index is -0.871. The molecule has 1 N–H and O–H groups in total. The fourth-order valence-corrected chi connectivity index (χ4v) is 2.37. The van der Waals surface area contributed by atoms with Crippen molar-refractivity contribution < 1.29 is 14.3 Å². The summed E-state index contributed by atoms with van der Waals surface area (Å²) in [5.74, 6) is -0.568. The molecule has 0 aliphatic carbocycles. The molecule has 4 nitrogen and oxygen atoms in total. The van der Waals surface area contributed by atoms with Crippen LogP contribution in [0.5, 0.6) is 0 Å². The molecule has 0 saturated heterocycles. The second-order valence-electron chi connectivity index (χ2n) is 6.07. The second kappa shape index (κ2) is 7.90. The minimum Gasteiger partial charge on any atom is -0.389 e. The molecule has 1 amide bonds. The Morgan fingerprint density at radius 3 is 2.55 bits per heavy atom. The van der Waals surface area contributed by atoms with Crippen LogP contribution < -0.4 is 0 Å². The van der Waals surface area contributed by atoms with Crippen LogP contribution in [-0.4, -0.2) is 53.1 Å². The lowest BCUT2D eigenvalue weighted by Gasteiger charge is -2.29. The lowest BCUT2D eigenvalue weighted by atomic mass is 10.1. The van der Waals surface area contributed by atoms with E-state index in [0.29, 0.717) is 23.7 Å². The van der Waals surface area contributed by atoms with Crippen molar-refractivity contribution in [2.24, 2.45) is 0 Å². The number of aliphatic hydroxyl groups is 1. The lowest BCUT2D eigenvalue weighted by Crippen LogP contribution is -2.44. The summed E-state index contributed by atoms with van der Waals surface area (Å²) < 4.78 is 13.8.